The Balaban J connectivity index is 1.67. The Morgan fingerprint density at radius 2 is 1.53 bits per heavy atom. The Labute approximate surface area is 206 Å². The minimum absolute atomic E-state index is 0.0528. The van der Waals surface area contributed by atoms with E-state index >= 15 is 0 Å². The van der Waals surface area contributed by atoms with Crippen molar-refractivity contribution in [3.8, 4) is 0 Å². The molecule has 3 heterocycles. The molecule has 0 aliphatic carbocycles. The lowest BCUT2D eigenvalue weighted by molar-refractivity contribution is -0.116. The van der Waals surface area contributed by atoms with Gasteiger partial charge in [-0.15, -0.1) is 0 Å². The first kappa shape index (κ1) is 26.2. The lowest BCUT2D eigenvalue weighted by atomic mass is 10.3. The third-order valence-corrected chi connectivity index (χ3v) is 5.03. The molecule has 0 saturated carbocycles. The lowest BCUT2D eigenvalue weighted by Gasteiger charge is -2.02. The smallest absolute Gasteiger partial charge is 0.374 e. The van der Waals surface area contributed by atoms with Crippen LogP contribution in [0.5, 0.6) is 0 Å². The molecule has 0 unspecified atom stereocenters. The molecule has 3 aromatic rings. The first-order valence-electron chi connectivity index (χ1n) is 11.2. The number of hydrogen-bond acceptors (Lipinski definition) is 8. The number of nitrogens with zero attached hydrogens (tertiary/aromatic N) is 5. The number of aryl methyl sites for hydroxylation is 3. The minimum atomic E-state index is -0.600. The van der Waals surface area contributed by atoms with Gasteiger partial charge in [-0.1, -0.05) is 0 Å². The molecule has 14 nitrogen and oxygen atoms in total. The number of nitrogens with one attached hydrogen (secondary N) is 3. The highest BCUT2D eigenvalue weighted by Gasteiger charge is 2.20. The summed E-state index contributed by atoms with van der Waals surface area (Å²) >= 11 is 0. The fourth-order valence-electron chi connectivity index (χ4n) is 3.34. The van der Waals surface area contributed by atoms with Gasteiger partial charge in [-0.05, 0) is 26.0 Å². The number of carbonyl (C=O) groups excluding carboxylic acids is 4. The predicted molar refractivity (Wildman–Crippen MR) is 131 cm³/mol. The fraction of sp³-hybridized carbons (Fsp3) is 0.364. The quantitative estimate of drug-likeness (QED) is 0.296. The van der Waals surface area contributed by atoms with Gasteiger partial charge < -0.3 is 40.1 Å². The summed E-state index contributed by atoms with van der Waals surface area (Å²) in [5.74, 6) is -1.33. The van der Waals surface area contributed by atoms with Crippen LogP contribution in [0.3, 0.4) is 0 Å². The number of amides is 3. The second-order valence-corrected chi connectivity index (χ2v) is 7.92. The summed E-state index contributed by atoms with van der Waals surface area (Å²) in [4.78, 5) is 57.6. The van der Waals surface area contributed by atoms with Crippen LogP contribution in [0, 0.1) is 0 Å². The van der Waals surface area contributed by atoms with Crippen molar-refractivity contribution in [2.45, 2.75) is 19.8 Å². The molecule has 0 radical (unpaired) electrons. The number of rotatable bonds is 10. The summed E-state index contributed by atoms with van der Waals surface area (Å²) in [6.07, 6.45) is 5.38. The maximum atomic E-state index is 12.8. The largest absolute Gasteiger partial charge is 0.460 e. The van der Waals surface area contributed by atoms with Crippen LogP contribution in [0.4, 0.5) is 17.3 Å². The topological polar surface area (TPSA) is 180 Å². The molecule has 0 aromatic carbocycles. The van der Waals surface area contributed by atoms with Gasteiger partial charge in [-0.3, -0.25) is 14.4 Å². The Hall–Kier alpha value is -4.46. The Morgan fingerprint density at radius 3 is 2.19 bits per heavy atom. The van der Waals surface area contributed by atoms with E-state index in [-0.39, 0.29) is 47.9 Å². The number of anilines is 3. The summed E-state index contributed by atoms with van der Waals surface area (Å²) in [6, 6.07) is 1.49. The number of ether oxygens (including phenoxy) is 1. The summed E-state index contributed by atoms with van der Waals surface area (Å²) in [6.45, 7) is 2.29. The molecule has 5 N–H and O–H groups in total. The molecule has 3 amide bonds. The molecule has 14 heteroatoms. The standard InChI is InChI=1S/C22H29N9O5/c1-5-36-22(35)19-27-16(12-31(19)4)28-20(33)14-9-13(10-29(14)2)24-21(34)18-26-15(11-30(18)3)25-17(32)7-6-8-23/h9-12H,5-8,23H2,1-4H3,(H,24,34)(H,25,32)(H,28,33). The van der Waals surface area contributed by atoms with E-state index in [2.05, 4.69) is 25.9 Å². The first-order valence-corrected chi connectivity index (χ1v) is 11.2. The van der Waals surface area contributed by atoms with Crippen LogP contribution >= 0.6 is 0 Å². The summed E-state index contributed by atoms with van der Waals surface area (Å²) in [5.41, 5.74) is 6.00. The maximum Gasteiger partial charge on any atom is 0.374 e. The van der Waals surface area contributed by atoms with Gasteiger partial charge >= 0.3 is 5.97 Å². The van der Waals surface area contributed by atoms with Crippen LogP contribution in [-0.2, 0) is 30.7 Å². The maximum absolute atomic E-state index is 12.8. The van der Waals surface area contributed by atoms with E-state index < -0.39 is 17.8 Å². The summed E-state index contributed by atoms with van der Waals surface area (Å²) in [7, 11) is 4.88. The average molecular weight is 500 g/mol. The second-order valence-electron chi connectivity index (χ2n) is 7.92. The van der Waals surface area contributed by atoms with Crippen molar-refractivity contribution in [1.29, 1.82) is 0 Å². The van der Waals surface area contributed by atoms with Gasteiger partial charge in [0.25, 0.3) is 11.8 Å². The second kappa shape index (κ2) is 11.3. The zero-order chi connectivity index (χ0) is 26.4. The molecule has 3 aromatic heterocycles. The van der Waals surface area contributed by atoms with E-state index in [1.807, 2.05) is 0 Å². The molecule has 0 spiro atoms. The number of aromatic nitrogens is 5. The Bertz CT molecular complexity index is 1290. The number of esters is 1. The van der Waals surface area contributed by atoms with Crippen LogP contribution in [0.15, 0.2) is 24.7 Å². The van der Waals surface area contributed by atoms with E-state index in [0.29, 0.717) is 18.7 Å². The van der Waals surface area contributed by atoms with Gasteiger partial charge in [0, 0.05) is 46.2 Å². The van der Waals surface area contributed by atoms with E-state index in [4.69, 9.17) is 10.5 Å². The van der Waals surface area contributed by atoms with Crippen molar-refractivity contribution in [1.82, 2.24) is 23.7 Å². The lowest BCUT2D eigenvalue weighted by Crippen LogP contribution is -2.17. The number of imidazole rings is 2. The molecule has 0 aliphatic rings. The number of nitrogens with two attached hydrogens (primary N) is 1. The van der Waals surface area contributed by atoms with E-state index in [1.165, 1.54) is 32.2 Å². The third kappa shape index (κ3) is 6.15. The predicted octanol–water partition coefficient (Wildman–Crippen LogP) is 0.851. The van der Waals surface area contributed by atoms with Crippen molar-refractivity contribution in [2.24, 2.45) is 26.9 Å². The molecule has 0 fully saturated rings. The highest BCUT2D eigenvalue weighted by Crippen LogP contribution is 2.17. The van der Waals surface area contributed by atoms with Crippen molar-refractivity contribution in [3.63, 3.8) is 0 Å². The number of hydrogen-bond donors (Lipinski definition) is 4. The fourth-order valence-corrected chi connectivity index (χ4v) is 3.34. The normalized spacial score (nSPS) is 10.7. The SMILES string of the molecule is CCOC(=O)c1nc(NC(=O)c2cc(NC(=O)c3nc(NC(=O)CCCN)cn3C)cn2C)cn1C. The van der Waals surface area contributed by atoms with E-state index in [0.717, 1.165) is 0 Å². The third-order valence-electron chi connectivity index (χ3n) is 5.03. The van der Waals surface area contributed by atoms with Gasteiger partial charge in [-0.25, -0.2) is 14.8 Å². The van der Waals surface area contributed by atoms with Gasteiger partial charge in [-0.2, -0.15) is 0 Å². The van der Waals surface area contributed by atoms with Crippen molar-refractivity contribution in [2.75, 3.05) is 29.1 Å². The van der Waals surface area contributed by atoms with Crippen molar-refractivity contribution >= 4 is 41.0 Å². The van der Waals surface area contributed by atoms with Crippen LogP contribution in [0.25, 0.3) is 0 Å². The van der Waals surface area contributed by atoms with E-state index in [1.54, 1.807) is 34.3 Å². The molecule has 0 atom stereocenters. The molecule has 36 heavy (non-hydrogen) atoms. The molecular weight excluding hydrogens is 470 g/mol. The summed E-state index contributed by atoms with van der Waals surface area (Å²) < 4.78 is 9.40. The zero-order valence-electron chi connectivity index (χ0n) is 20.5. The average Bonchev–Trinajstić information content (AvgIpc) is 3.48. The molecular formula is C22H29N9O5. The van der Waals surface area contributed by atoms with Crippen LogP contribution in [0.1, 0.15) is 51.5 Å². The highest BCUT2D eigenvalue weighted by molar-refractivity contribution is 6.06. The van der Waals surface area contributed by atoms with E-state index in [9.17, 15) is 19.2 Å². The van der Waals surface area contributed by atoms with Crippen molar-refractivity contribution in [3.05, 3.63) is 42.0 Å². The van der Waals surface area contributed by atoms with Gasteiger partial charge in [0.1, 0.15) is 5.69 Å². The number of carbonyl (C=O) groups is 4. The van der Waals surface area contributed by atoms with Crippen LogP contribution in [-0.4, -0.2) is 60.5 Å². The van der Waals surface area contributed by atoms with Crippen molar-refractivity contribution < 1.29 is 23.9 Å². The zero-order valence-corrected chi connectivity index (χ0v) is 20.5. The van der Waals surface area contributed by atoms with Gasteiger partial charge in [0.2, 0.25) is 17.6 Å². The van der Waals surface area contributed by atoms with Gasteiger partial charge in [0.05, 0.1) is 12.3 Å². The Kier molecular flexibility index (Phi) is 8.22. The minimum Gasteiger partial charge on any atom is -0.460 e. The molecule has 0 aliphatic heterocycles. The highest BCUT2D eigenvalue weighted by atomic mass is 16.5. The van der Waals surface area contributed by atoms with Crippen LogP contribution < -0.4 is 21.7 Å². The monoisotopic (exact) mass is 499 g/mol. The summed E-state index contributed by atoms with van der Waals surface area (Å²) in [5, 5.41) is 7.94. The van der Waals surface area contributed by atoms with Crippen LogP contribution in [0.2, 0.25) is 0 Å². The Morgan fingerprint density at radius 1 is 0.889 bits per heavy atom. The first-order chi connectivity index (χ1) is 17.1. The molecule has 192 valence electrons. The molecule has 3 rings (SSSR count). The van der Waals surface area contributed by atoms with Gasteiger partial charge in [0.15, 0.2) is 11.6 Å². The molecule has 0 bridgehead atoms. The molecule has 0 saturated heterocycles.